The van der Waals surface area contributed by atoms with Gasteiger partial charge in [-0.15, -0.1) is 11.3 Å². The third-order valence-corrected chi connectivity index (χ3v) is 5.00. The fourth-order valence-electron chi connectivity index (χ4n) is 2.63. The summed E-state index contributed by atoms with van der Waals surface area (Å²) in [4.78, 5) is 17.8. The number of anilines is 1. The second-order valence-corrected chi connectivity index (χ2v) is 7.46. The normalized spacial score (nSPS) is 10.5. The molecule has 27 heavy (non-hydrogen) atoms. The Labute approximate surface area is 163 Å². The Balaban J connectivity index is 1.65. The minimum Gasteiger partial charge on any atom is -0.497 e. The second-order valence-electron chi connectivity index (χ2n) is 6.26. The molecule has 2 aromatic carbocycles. The van der Waals surface area contributed by atoms with E-state index in [1.54, 1.807) is 7.11 Å². The van der Waals surface area contributed by atoms with Gasteiger partial charge in [-0.25, -0.2) is 4.98 Å². The molecule has 0 fully saturated rings. The Morgan fingerprint density at radius 2 is 1.85 bits per heavy atom. The van der Waals surface area contributed by atoms with Gasteiger partial charge in [0.15, 0.2) is 11.7 Å². The number of hydrogen-bond acceptors (Lipinski definition) is 5. The Hall–Kier alpha value is -2.86. The molecule has 5 nitrogen and oxygen atoms in total. The van der Waals surface area contributed by atoms with Crippen molar-refractivity contribution in [2.24, 2.45) is 0 Å². The van der Waals surface area contributed by atoms with Gasteiger partial charge in [-0.05, 0) is 62.2 Å². The molecule has 0 aliphatic carbocycles. The summed E-state index contributed by atoms with van der Waals surface area (Å²) in [5.74, 6) is 1.29. The zero-order valence-electron chi connectivity index (χ0n) is 15.8. The van der Waals surface area contributed by atoms with Crippen LogP contribution in [0.4, 0.5) is 5.13 Å². The van der Waals surface area contributed by atoms with Crippen LogP contribution in [0, 0.1) is 20.8 Å². The molecule has 6 heteroatoms. The van der Waals surface area contributed by atoms with Crippen LogP contribution < -0.4 is 14.8 Å². The molecular weight excluding hydrogens is 360 g/mol. The van der Waals surface area contributed by atoms with Crippen LogP contribution in [0.5, 0.6) is 11.5 Å². The lowest BCUT2D eigenvalue weighted by Gasteiger charge is -2.09. The number of rotatable bonds is 6. The SMILES string of the molecule is COc1ccc(-c2nc(NC(=O)COc3cc(C)ccc3C)sc2C)cc1. The van der Waals surface area contributed by atoms with Gasteiger partial charge in [-0.2, -0.15) is 0 Å². The molecule has 3 aromatic rings. The van der Waals surface area contributed by atoms with Gasteiger partial charge in [0, 0.05) is 10.4 Å². The van der Waals surface area contributed by atoms with E-state index in [9.17, 15) is 4.79 Å². The van der Waals surface area contributed by atoms with E-state index in [-0.39, 0.29) is 12.5 Å². The number of amides is 1. The van der Waals surface area contributed by atoms with Crippen molar-refractivity contribution in [1.82, 2.24) is 4.98 Å². The molecule has 3 rings (SSSR count). The maximum Gasteiger partial charge on any atom is 0.264 e. The van der Waals surface area contributed by atoms with E-state index in [0.717, 1.165) is 38.8 Å². The molecule has 0 aliphatic rings. The first-order chi connectivity index (χ1) is 13.0. The Bertz CT molecular complexity index is 949. The zero-order chi connectivity index (χ0) is 19.4. The fraction of sp³-hybridized carbons (Fsp3) is 0.238. The van der Waals surface area contributed by atoms with Crippen molar-refractivity contribution >= 4 is 22.4 Å². The van der Waals surface area contributed by atoms with Crippen LogP contribution in [0.2, 0.25) is 0 Å². The van der Waals surface area contributed by atoms with Crippen LogP contribution in [0.1, 0.15) is 16.0 Å². The monoisotopic (exact) mass is 382 g/mol. The van der Waals surface area contributed by atoms with Crippen LogP contribution in [0.15, 0.2) is 42.5 Å². The molecule has 0 saturated carbocycles. The van der Waals surface area contributed by atoms with Gasteiger partial charge in [0.05, 0.1) is 12.8 Å². The number of aryl methyl sites for hydroxylation is 3. The van der Waals surface area contributed by atoms with Crippen molar-refractivity contribution in [3.05, 3.63) is 58.5 Å². The maximum absolute atomic E-state index is 12.2. The minimum absolute atomic E-state index is 0.0548. The Morgan fingerprint density at radius 1 is 1.11 bits per heavy atom. The van der Waals surface area contributed by atoms with Gasteiger partial charge in [0.2, 0.25) is 0 Å². The first-order valence-electron chi connectivity index (χ1n) is 8.58. The number of carbonyl (C=O) groups excluding carboxylic acids is 1. The molecule has 1 aromatic heterocycles. The largest absolute Gasteiger partial charge is 0.497 e. The van der Waals surface area contributed by atoms with E-state index >= 15 is 0 Å². The summed E-state index contributed by atoms with van der Waals surface area (Å²) in [5.41, 5.74) is 3.93. The van der Waals surface area contributed by atoms with E-state index < -0.39 is 0 Å². The van der Waals surface area contributed by atoms with Gasteiger partial charge < -0.3 is 9.47 Å². The summed E-state index contributed by atoms with van der Waals surface area (Å²) in [7, 11) is 1.64. The molecule has 1 amide bonds. The van der Waals surface area contributed by atoms with Crippen molar-refractivity contribution in [1.29, 1.82) is 0 Å². The molecular formula is C21H22N2O3S. The summed E-state index contributed by atoms with van der Waals surface area (Å²) in [6, 6.07) is 13.6. The minimum atomic E-state index is -0.231. The van der Waals surface area contributed by atoms with Gasteiger partial charge >= 0.3 is 0 Å². The molecule has 1 heterocycles. The standard InChI is InChI=1S/C21H22N2O3S/c1-13-5-6-14(2)18(11-13)26-12-19(24)22-21-23-20(15(3)27-21)16-7-9-17(25-4)10-8-16/h5-11H,12H2,1-4H3,(H,22,23,24). The van der Waals surface area contributed by atoms with Crippen molar-refractivity contribution in [2.75, 3.05) is 19.0 Å². The number of methoxy groups -OCH3 is 1. The molecule has 0 atom stereocenters. The highest BCUT2D eigenvalue weighted by molar-refractivity contribution is 7.16. The van der Waals surface area contributed by atoms with Gasteiger partial charge in [-0.3, -0.25) is 10.1 Å². The summed E-state index contributed by atoms with van der Waals surface area (Å²) < 4.78 is 10.8. The average molecular weight is 382 g/mol. The molecule has 0 radical (unpaired) electrons. The summed E-state index contributed by atoms with van der Waals surface area (Å²) in [6.45, 7) is 5.88. The van der Waals surface area contributed by atoms with Crippen LogP contribution in [-0.2, 0) is 4.79 Å². The van der Waals surface area contributed by atoms with E-state index in [4.69, 9.17) is 9.47 Å². The van der Waals surface area contributed by atoms with E-state index in [1.807, 2.05) is 63.2 Å². The molecule has 1 N–H and O–H groups in total. The number of benzene rings is 2. The van der Waals surface area contributed by atoms with Crippen LogP contribution in [-0.4, -0.2) is 24.6 Å². The molecule has 0 aliphatic heterocycles. The van der Waals surface area contributed by atoms with E-state index in [2.05, 4.69) is 10.3 Å². The van der Waals surface area contributed by atoms with E-state index in [0.29, 0.717) is 5.13 Å². The van der Waals surface area contributed by atoms with Crippen molar-refractivity contribution < 1.29 is 14.3 Å². The number of hydrogen-bond donors (Lipinski definition) is 1. The highest BCUT2D eigenvalue weighted by Gasteiger charge is 2.13. The van der Waals surface area contributed by atoms with Crippen molar-refractivity contribution in [2.45, 2.75) is 20.8 Å². The number of thiazole rings is 1. The lowest BCUT2D eigenvalue weighted by Crippen LogP contribution is -2.20. The zero-order valence-corrected chi connectivity index (χ0v) is 16.6. The number of carbonyl (C=O) groups is 1. The second kappa shape index (κ2) is 8.22. The van der Waals surface area contributed by atoms with Crippen molar-refractivity contribution in [3.63, 3.8) is 0 Å². The lowest BCUT2D eigenvalue weighted by atomic mass is 10.1. The number of nitrogens with one attached hydrogen (secondary N) is 1. The lowest BCUT2D eigenvalue weighted by molar-refractivity contribution is -0.118. The van der Waals surface area contributed by atoms with Crippen molar-refractivity contribution in [3.8, 4) is 22.8 Å². The third kappa shape index (κ3) is 4.65. The Kier molecular flexibility index (Phi) is 5.76. The maximum atomic E-state index is 12.2. The van der Waals surface area contributed by atoms with E-state index in [1.165, 1.54) is 11.3 Å². The number of nitrogens with zero attached hydrogens (tertiary/aromatic N) is 1. The first kappa shape index (κ1) is 18.9. The summed E-state index contributed by atoms with van der Waals surface area (Å²) in [6.07, 6.45) is 0. The molecule has 0 saturated heterocycles. The van der Waals surface area contributed by atoms with Crippen LogP contribution >= 0.6 is 11.3 Å². The third-order valence-electron chi connectivity index (χ3n) is 4.11. The molecule has 0 bridgehead atoms. The highest BCUT2D eigenvalue weighted by atomic mass is 32.1. The first-order valence-corrected chi connectivity index (χ1v) is 9.39. The summed E-state index contributed by atoms with van der Waals surface area (Å²) >= 11 is 1.44. The predicted octanol–water partition coefficient (Wildman–Crippen LogP) is 4.76. The van der Waals surface area contributed by atoms with Gasteiger partial charge in [0.25, 0.3) is 5.91 Å². The van der Waals surface area contributed by atoms with Gasteiger partial charge in [-0.1, -0.05) is 12.1 Å². The van der Waals surface area contributed by atoms with Crippen LogP contribution in [0.3, 0.4) is 0 Å². The number of ether oxygens (including phenoxy) is 2. The number of aromatic nitrogens is 1. The van der Waals surface area contributed by atoms with Gasteiger partial charge in [0.1, 0.15) is 11.5 Å². The topological polar surface area (TPSA) is 60.5 Å². The fourth-order valence-corrected chi connectivity index (χ4v) is 3.48. The quantitative estimate of drug-likeness (QED) is 0.668. The molecule has 0 unspecified atom stereocenters. The predicted molar refractivity (Wildman–Crippen MR) is 109 cm³/mol. The Morgan fingerprint density at radius 3 is 2.56 bits per heavy atom. The molecule has 140 valence electrons. The average Bonchev–Trinajstić information content (AvgIpc) is 3.02. The van der Waals surface area contributed by atoms with Crippen LogP contribution in [0.25, 0.3) is 11.3 Å². The smallest absolute Gasteiger partial charge is 0.264 e. The summed E-state index contributed by atoms with van der Waals surface area (Å²) in [5, 5.41) is 3.38. The highest BCUT2D eigenvalue weighted by Crippen LogP contribution is 2.31. The molecule has 0 spiro atoms.